The van der Waals surface area contributed by atoms with Crippen LogP contribution in [0.2, 0.25) is 0 Å². The van der Waals surface area contributed by atoms with Crippen LogP contribution in [-0.4, -0.2) is 59.6 Å². The van der Waals surface area contributed by atoms with E-state index < -0.39 is 29.1 Å². The Hall–Kier alpha value is -1.48. The highest BCUT2D eigenvalue weighted by atomic mass is 16.8. The number of hydrogen-bond acceptors (Lipinski definition) is 7. The Kier molecular flexibility index (Phi) is 5.50. The van der Waals surface area contributed by atoms with Crippen molar-refractivity contribution in [1.29, 1.82) is 0 Å². The number of rotatable bonds is 3. The molecule has 0 aromatic rings. The van der Waals surface area contributed by atoms with E-state index in [9.17, 15) is 14.7 Å². The Balaban J connectivity index is 1.40. The quantitative estimate of drug-likeness (QED) is 0.545. The van der Waals surface area contributed by atoms with E-state index in [2.05, 4.69) is 0 Å². The number of aliphatic carboxylic acids is 1. The number of carboxylic acid groups (broad SMARTS) is 1. The SMILES string of the molecule is C[C@H]1C[C@@H]2O[C@@H](C(=O)O)C[C@@H]2O[C@@]12CC[C@]1(C=CC[C@@H](COC(=O)C(C)(C)C)O1)O2. The molecule has 4 heterocycles. The smallest absolute Gasteiger partial charge is 0.332 e. The topological polar surface area (TPSA) is 101 Å². The number of carboxylic acids is 1. The summed E-state index contributed by atoms with van der Waals surface area (Å²) in [6.07, 6.45) is 5.22. The number of fused-ring (bicyclic) bond motifs is 1. The van der Waals surface area contributed by atoms with Gasteiger partial charge in [0.25, 0.3) is 0 Å². The maximum Gasteiger partial charge on any atom is 0.332 e. The molecule has 4 rings (SSSR count). The van der Waals surface area contributed by atoms with Crippen molar-refractivity contribution in [3.05, 3.63) is 12.2 Å². The van der Waals surface area contributed by atoms with Crippen LogP contribution >= 0.6 is 0 Å². The second-order valence-corrected chi connectivity index (χ2v) is 9.98. The van der Waals surface area contributed by atoms with Gasteiger partial charge >= 0.3 is 11.9 Å². The number of ether oxygens (including phenoxy) is 5. The summed E-state index contributed by atoms with van der Waals surface area (Å²) >= 11 is 0. The summed E-state index contributed by atoms with van der Waals surface area (Å²) in [5.74, 6) is -2.93. The molecule has 7 atom stereocenters. The highest BCUT2D eigenvalue weighted by Gasteiger charge is 2.60. The largest absolute Gasteiger partial charge is 0.479 e. The zero-order valence-corrected chi connectivity index (χ0v) is 18.1. The van der Waals surface area contributed by atoms with Crippen molar-refractivity contribution in [2.24, 2.45) is 11.3 Å². The van der Waals surface area contributed by atoms with Gasteiger partial charge in [0.05, 0.1) is 23.7 Å². The second kappa shape index (κ2) is 7.58. The van der Waals surface area contributed by atoms with E-state index in [1.54, 1.807) is 0 Å². The van der Waals surface area contributed by atoms with E-state index in [0.717, 1.165) is 0 Å². The molecule has 2 spiro atoms. The predicted molar refractivity (Wildman–Crippen MR) is 104 cm³/mol. The molecule has 0 amide bonds. The van der Waals surface area contributed by atoms with Crippen LogP contribution in [0.4, 0.5) is 0 Å². The second-order valence-electron chi connectivity index (χ2n) is 9.98. The lowest BCUT2D eigenvalue weighted by Gasteiger charge is -2.45. The van der Waals surface area contributed by atoms with E-state index >= 15 is 0 Å². The molecule has 0 aromatic carbocycles. The van der Waals surface area contributed by atoms with Crippen LogP contribution in [0, 0.1) is 11.3 Å². The Morgan fingerprint density at radius 1 is 1.17 bits per heavy atom. The molecule has 0 unspecified atom stereocenters. The van der Waals surface area contributed by atoms with Gasteiger partial charge in [-0.1, -0.05) is 13.0 Å². The van der Waals surface area contributed by atoms with Gasteiger partial charge in [-0.05, 0) is 39.7 Å². The van der Waals surface area contributed by atoms with Crippen LogP contribution in [0.15, 0.2) is 12.2 Å². The van der Waals surface area contributed by atoms with E-state index in [1.165, 1.54) is 0 Å². The zero-order valence-electron chi connectivity index (χ0n) is 18.1. The van der Waals surface area contributed by atoms with Crippen molar-refractivity contribution in [1.82, 2.24) is 0 Å². The fourth-order valence-corrected chi connectivity index (χ4v) is 4.74. The van der Waals surface area contributed by atoms with E-state index in [4.69, 9.17) is 23.7 Å². The number of esters is 1. The fraction of sp³-hybridized carbons (Fsp3) is 0.818. The minimum absolute atomic E-state index is 0.0294. The zero-order chi connectivity index (χ0) is 21.7. The number of carbonyl (C=O) groups excluding carboxylic acids is 1. The minimum Gasteiger partial charge on any atom is -0.479 e. The Morgan fingerprint density at radius 2 is 1.93 bits per heavy atom. The van der Waals surface area contributed by atoms with Crippen LogP contribution < -0.4 is 0 Å². The van der Waals surface area contributed by atoms with Gasteiger partial charge < -0.3 is 28.8 Å². The normalized spacial score (nSPS) is 43.1. The molecule has 0 radical (unpaired) electrons. The lowest BCUT2D eigenvalue weighted by atomic mass is 9.86. The van der Waals surface area contributed by atoms with Crippen LogP contribution in [0.5, 0.6) is 0 Å². The molecule has 1 N–H and O–H groups in total. The van der Waals surface area contributed by atoms with Crippen LogP contribution in [0.25, 0.3) is 0 Å². The van der Waals surface area contributed by atoms with E-state index in [1.807, 2.05) is 39.8 Å². The molecule has 0 aliphatic carbocycles. The third-order valence-electron chi connectivity index (χ3n) is 6.48. The molecule has 0 aromatic heterocycles. The van der Waals surface area contributed by atoms with Crippen molar-refractivity contribution in [2.75, 3.05) is 6.61 Å². The molecule has 4 aliphatic heterocycles. The van der Waals surface area contributed by atoms with Gasteiger partial charge in [-0.2, -0.15) is 0 Å². The van der Waals surface area contributed by atoms with Crippen LogP contribution in [-0.2, 0) is 33.3 Å². The first-order chi connectivity index (χ1) is 14.0. The van der Waals surface area contributed by atoms with Crippen molar-refractivity contribution in [3.63, 3.8) is 0 Å². The lowest BCUT2D eigenvalue weighted by Crippen LogP contribution is -2.53. The molecule has 8 nitrogen and oxygen atoms in total. The molecule has 4 aliphatic rings. The van der Waals surface area contributed by atoms with E-state index in [0.29, 0.717) is 32.1 Å². The average molecular weight is 424 g/mol. The summed E-state index contributed by atoms with van der Waals surface area (Å²) < 4.78 is 30.2. The van der Waals surface area contributed by atoms with Crippen molar-refractivity contribution in [2.45, 2.75) is 95.8 Å². The van der Waals surface area contributed by atoms with Gasteiger partial charge in [-0.15, -0.1) is 0 Å². The summed E-state index contributed by atoms with van der Waals surface area (Å²) in [6.45, 7) is 7.67. The molecular formula is C22H32O8. The summed E-state index contributed by atoms with van der Waals surface area (Å²) in [7, 11) is 0. The van der Waals surface area contributed by atoms with E-state index in [-0.39, 0.29) is 36.8 Å². The Bertz CT molecular complexity index is 727. The molecule has 168 valence electrons. The molecule has 8 heteroatoms. The fourth-order valence-electron chi connectivity index (χ4n) is 4.74. The monoisotopic (exact) mass is 424 g/mol. The predicted octanol–water partition coefficient (Wildman–Crippen LogP) is 2.79. The molecule has 0 bridgehead atoms. The summed E-state index contributed by atoms with van der Waals surface area (Å²) in [5.41, 5.74) is -0.560. The van der Waals surface area contributed by atoms with Crippen molar-refractivity contribution in [3.8, 4) is 0 Å². The van der Waals surface area contributed by atoms with Gasteiger partial charge in [0, 0.05) is 25.2 Å². The third-order valence-corrected chi connectivity index (χ3v) is 6.48. The van der Waals surface area contributed by atoms with Crippen LogP contribution in [0.1, 0.15) is 59.8 Å². The van der Waals surface area contributed by atoms with Gasteiger partial charge in [0.2, 0.25) is 0 Å². The third kappa shape index (κ3) is 4.02. The van der Waals surface area contributed by atoms with Gasteiger partial charge in [-0.25, -0.2) is 4.79 Å². The first-order valence-electron chi connectivity index (χ1n) is 10.8. The van der Waals surface area contributed by atoms with Gasteiger partial charge in [0.15, 0.2) is 17.7 Å². The highest BCUT2D eigenvalue weighted by Crippen LogP contribution is 2.52. The molecule has 3 fully saturated rings. The van der Waals surface area contributed by atoms with Gasteiger partial charge in [0.1, 0.15) is 6.61 Å². The Labute approximate surface area is 176 Å². The summed E-state index contributed by atoms with van der Waals surface area (Å²) in [5, 5.41) is 9.27. The number of carbonyl (C=O) groups is 2. The number of hydrogen-bond donors (Lipinski definition) is 1. The lowest BCUT2D eigenvalue weighted by molar-refractivity contribution is -0.358. The molecule has 0 saturated carbocycles. The maximum absolute atomic E-state index is 12.1. The van der Waals surface area contributed by atoms with Crippen molar-refractivity contribution >= 4 is 11.9 Å². The standard InChI is InChI=1S/C22H32O8/c1-13-10-15-16(11-17(27-15)18(23)24)29-22(13)9-8-21(30-22)7-5-6-14(28-21)12-26-19(25)20(2,3)4/h5,7,13-17H,6,8-12H2,1-4H3,(H,23,24)/t13-,14-,15-,16-,17+,21-,22+/m0/s1. The highest BCUT2D eigenvalue weighted by molar-refractivity contribution is 5.75. The molecular weight excluding hydrogens is 392 g/mol. The van der Waals surface area contributed by atoms with Crippen LogP contribution in [0.3, 0.4) is 0 Å². The molecule has 30 heavy (non-hydrogen) atoms. The summed E-state index contributed by atoms with van der Waals surface area (Å²) in [6, 6.07) is 0. The summed E-state index contributed by atoms with van der Waals surface area (Å²) in [4.78, 5) is 23.4. The minimum atomic E-state index is -0.954. The maximum atomic E-state index is 12.1. The first kappa shape index (κ1) is 21.7. The average Bonchev–Trinajstić information content (AvgIpc) is 3.22. The van der Waals surface area contributed by atoms with Crippen molar-refractivity contribution < 1.29 is 38.4 Å². The Morgan fingerprint density at radius 3 is 2.63 bits per heavy atom. The molecule has 3 saturated heterocycles. The first-order valence-corrected chi connectivity index (χ1v) is 10.8. The van der Waals surface area contributed by atoms with Gasteiger partial charge in [-0.3, -0.25) is 4.79 Å².